The first kappa shape index (κ1) is 22.2. The fraction of sp³-hybridized carbons (Fsp3) is 0.250. The molecule has 0 saturated heterocycles. The van der Waals surface area contributed by atoms with Gasteiger partial charge in [-0.15, -0.1) is 0 Å². The van der Waals surface area contributed by atoms with Crippen LogP contribution in [0.2, 0.25) is 0 Å². The molecule has 0 aliphatic heterocycles. The summed E-state index contributed by atoms with van der Waals surface area (Å²) >= 11 is 0. The number of carbonyl (C=O) groups is 1. The van der Waals surface area contributed by atoms with E-state index in [9.17, 15) is 14.0 Å². The van der Waals surface area contributed by atoms with Crippen molar-refractivity contribution >= 4 is 22.6 Å². The Balaban J connectivity index is 1.63. The molecule has 4 aromatic rings. The van der Waals surface area contributed by atoms with E-state index in [1.807, 2.05) is 44.2 Å². The molecule has 0 aliphatic carbocycles. The van der Waals surface area contributed by atoms with Gasteiger partial charge in [0.25, 0.3) is 11.5 Å². The van der Waals surface area contributed by atoms with E-state index < -0.39 is 11.2 Å². The molecule has 0 spiro atoms. The standard InChI is InChI=1S/C24H25FN6O2/c1-13-5-6-14(2)17(11-13)22(32)27-12-15-7-9-16(10-8-15)31-19-18(20(30-31)24(3,4)25)23(33)29-28-21(19)26/h5-11H,12H2,1-4H3,(H2,26,28)(H,27,32)(H,29,33). The van der Waals surface area contributed by atoms with Crippen LogP contribution in [0.4, 0.5) is 10.2 Å². The molecular formula is C24H25FN6O2. The molecule has 0 bridgehead atoms. The van der Waals surface area contributed by atoms with Gasteiger partial charge in [0.05, 0.1) is 11.1 Å². The molecule has 33 heavy (non-hydrogen) atoms. The molecule has 2 heterocycles. The number of aryl methyl sites for hydroxylation is 2. The van der Waals surface area contributed by atoms with Crippen LogP contribution >= 0.6 is 0 Å². The smallest absolute Gasteiger partial charge is 0.275 e. The van der Waals surface area contributed by atoms with Crippen LogP contribution in [-0.2, 0) is 12.2 Å². The molecule has 0 atom stereocenters. The van der Waals surface area contributed by atoms with E-state index in [0.717, 1.165) is 16.7 Å². The van der Waals surface area contributed by atoms with Gasteiger partial charge in [-0.1, -0.05) is 29.8 Å². The summed E-state index contributed by atoms with van der Waals surface area (Å²) in [5.74, 6) is -0.108. The molecule has 4 rings (SSSR count). The largest absolute Gasteiger partial charge is 0.380 e. The fourth-order valence-corrected chi connectivity index (χ4v) is 3.71. The predicted molar refractivity (Wildman–Crippen MR) is 125 cm³/mol. The summed E-state index contributed by atoms with van der Waals surface area (Å²) in [4.78, 5) is 25.0. The van der Waals surface area contributed by atoms with Crippen LogP contribution in [0, 0.1) is 13.8 Å². The third kappa shape index (κ3) is 4.21. The Bertz CT molecular complexity index is 1410. The van der Waals surface area contributed by atoms with Gasteiger partial charge < -0.3 is 11.1 Å². The number of alkyl halides is 1. The topological polar surface area (TPSA) is 119 Å². The molecule has 0 fully saturated rings. The lowest BCUT2D eigenvalue weighted by Gasteiger charge is -2.11. The number of nitrogens with one attached hydrogen (secondary N) is 2. The second-order valence-electron chi connectivity index (χ2n) is 8.56. The average Bonchev–Trinajstić information content (AvgIpc) is 3.19. The van der Waals surface area contributed by atoms with Gasteiger partial charge in [-0.25, -0.2) is 14.2 Å². The summed E-state index contributed by atoms with van der Waals surface area (Å²) in [6, 6.07) is 12.9. The third-order valence-electron chi connectivity index (χ3n) is 5.47. The number of carbonyl (C=O) groups excluding carboxylic acids is 1. The lowest BCUT2D eigenvalue weighted by Crippen LogP contribution is -2.23. The number of nitrogens with zero attached hydrogens (tertiary/aromatic N) is 3. The molecule has 0 saturated carbocycles. The number of aromatic nitrogens is 4. The molecule has 2 aromatic heterocycles. The van der Waals surface area contributed by atoms with Crippen LogP contribution < -0.4 is 16.6 Å². The zero-order valence-corrected chi connectivity index (χ0v) is 18.9. The minimum atomic E-state index is -1.86. The monoisotopic (exact) mass is 448 g/mol. The number of H-pyrrole nitrogens is 1. The second-order valence-corrected chi connectivity index (χ2v) is 8.56. The van der Waals surface area contributed by atoms with Crippen LogP contribution in [0.5, 0.6) is 0 Å². The van der Waals surface area contributed by atoms with E-state index >= 15 is 0 Å². The molecule has 8 nitrogen and oxygen atoms in total. The first-order valence-corrected chi connectivity index (χ1v) is 10.5. The zero-order chi connectivity index (χ0) is 23.9. The number of benzene rings is 2. The Kier molecular flexibility index (Phi) is 5.49. The molecule has 0 unspecified atom stereocenters. The second kappa shape index (κ2) is 8.16. The van der Waals surface area contributed by atoms with Crippen molar-refractivity contribution in [3.05, 3.63) is 80.8 Å². The third-order valence-corrected chi connectivity index (χ3v) is 5.47. The van der Waals surface area contributed by atoms with Gasteiger partial charge in [0, 0.05) is 12.1 Å². The van der Waals surface area contributed by atoms with Crippen molar-refractivity contribution in [3.63, 3.8) is 0 Å². The van der Waals surface area contributed by atoms with E-state index in [0.29, 0.717) is 17.8 Å². The normalized spacial score (nSPS) is 11.7. The van der Waals surface area contributed by atoms with Crippen LogP contribution in [0.25, 0.3) is 16.6 Å². The van der Waals surface area contributed by atoms with Crippen molar-refractivity contribution in [2.45, 2.75) is 39.9 Å². The summed E-state index contributed by atoms with van der Waals surface area (Å²) in [7, 11) is 0. The van der Waals surface area contributed by atoms with Gasteiger partial charge in [-0.2, -0.15) is 10.2 Å². The zero-order valence-electron chi connectivity index (χ0n) is 18.9. The number of fused-ring (bicyclic) bond motifs is 1. The maximum atomic E-state index is 14.8. The van der Waals surface area contributed by atoms with Crippen LogP contribution in [0.3, 0.4) is 0 Å². The van der Waals surface area contributed by atoms with Crippen molar-refractivity contribution in [1.29, 1.82) is 0 Å². The number of hydrogen-bond donors (Lipinski definition) is 3. The minimum absolute atomic E-state index is 0.0160. The Morgan fingerprint density at radius 3 is 2.55 bits per heavy atom. The molecular weight excluding hydrogens is 423 g/mol. The highest BCUT2D eigenvalue weighted by Crippen LogP contribution is 2.31. The number of rotatable bonds is 5. The van der Waals surface area contributed by atoms with Crippen LogP contribution in [0.15, 0.2) is 47.3 Å². The van der Waals surface area contributed by atoms with Crippen molar-refractivity contribution in [3.8, 4) is 5.69 Å². The van der Waals surface area contributed by atoms with Gasteiger partial charge in [0.1, 0.15) is 16.9 Å². The fourth-order valence-electron chi connectivity index (χ4n) is 3.71. The van der Waals surface area contributed by atoms with E-state index in [1.165, 1.54) is 18.5 Å². The summed E-state index contributed by atoms with van der Waals surface area (Å²) in [6.45, 7) is 6.84. The first-order chi connectivity index (χ1) is 15.6. The van der Waals surface area contributed by atoms with Crippen molar-refractivity contribution < 1.29 is 9.18 Å². The van der Waals surface area contributed by atoms with Crippen LogP contribution in [0.1, 0.15) is 46.6 Å². The maximum Gasteiger partial charge on any atom is 0.275 e. The molecule has 9 heteroatoms. The predicted octanol–water partition coefficient (Wildman–Crippen LogP) is 3.44. The molecule has 0 aliphatic rings. The molecule has 170 valence electrons. The quantitative estimate of drug-likeness (QED) is 0.432. The van der Waals surface area contributed by atoms with Crippen molar-refractivity contribution in [2.75, 3.05) is 5.73 Å². The van der Waals surface area contributed by atoms with Crippen LogP contribution in [-0.4, -0.2) is 25.9 Å². The van der Waals surface area contributed by atoms with Crippen molar-refractivity contribution in [2.24, 2.45) is 0 Å². The van der Waals surface area contributed by atoms with E-state index in [4.69, 9.17) is 5.73 Å². The van der Waals surface area contributed by atoms with Gasteiger partial charge in [0.15, 0.2) is 5.82 Å². The Hall–Kier alpha value is -4.01. The van der Waals surface area contributed by atoms with E-state index in [-0.39, 0.29) is 28.3 Å². The number of nitrogens with two attached hydrogens (primary N) is 1. The molecule has 1 amide bonds. The van der Waals surface area contributed by atoms with Gasteiger partial charge in [-0.05, 0) is 57.0 Å². The number of halogens is 1. The highest BCUT2D eigenvalue weighted by molar-refractivity contribution is 5.95. The number of anilines is 1. The summed E-state index contributed by atoms with van der Waals surface area (Å²) < 4.78 is 16.2. The lowest BCUT2D eigenvalue weighted by atomic mass is 10.0. The maximum absolute atomic E-state index is 14.8. The Labute approximate surface area is 189 Å². The van der Waals surface area contributed by atoms with Crippen molar-refractivity contribution in [1.82, 2.24) is 25.3 Å². The van der Waals surface area contributed by atoms with Gasteiger partial charge >= 0.3 is 0 Å². The Morgan fingerprint density at radius 1 is 1.18 bits per heavy atom. The highest BCUT2D eigenvalue weighted by Gasteiger charge is 2.30. The molecule has 2 aromatic carbocycles. The first-order valence-electron chi connectivity index (χ1n) is 10.5. The number of hydrogen-bond acceptors (Lipinski definition) is 5. The highest BCUT2D eigenvalue weighted by atomic mass is 19.1. The van der Waals surface area contributed by atoms with E-state index in [1.54, 1.807) is 12.1 Å². The summed E-state index contributed by atoms with van der Waals surface area (Å²) in [5.41, 5.74) is 7.83. The molecule has 0 radical (unpaired) electrons. The van der Waals surface area contributed by atoms with Gasteiger partial charge in [-0.3, -0.25) is 9.59 Å². The number of aromatic amines is 1. The SMILES string of the molecule is Cc1ccc(C)c(C(=O)NCc2ccc(-n3nc(C(C)(C)F)c4c(=O)[nH]nc(N)c43)cc2)c1. The van der Waals surface area contributed by atoms with E-state index in [2.05, 4.69) is 20.6 Å². The Morgan fingerprint density at radius 2 is 1.88 bits per heavy atom. The average molecular weight is 449 g/mol. The number of nitrogen functional groups attached to an aromatic ring is 1. The summed E-state index contributed by atoms with van der Waals surface area (Å²) in [5, 5.41) is 13.4. The minimum Gasteiger partial charge on any atom is -0.380 e. The lowest BCUT2D eigenvalue weighted by molar-refractivity contribution is 0.0950. The number of amides is 1. The summed E-state index contributed by atoms with van der Waals surface area (Å²) in [6.07, 6.45) is 0. The van der Waals surface area contributed by atoms with Gasteiger partial charge in [0.2, 0.25) is 0 Å². The molecule has 4 N–H and O–H groups in total.